The molecule has 1 aliphatic rings. The first-order chi connectivity index (χ1) is 6.33. The van der Waals surface area contributed by atoms with Crippen LogP contribution in [0.25, 0.3) is 0 Å². The molecule has 0 aromatic heterocycles. The van der Waals surface area contributed by atoms with Gasteiger partial charge in [-0.15, -0.1) is 0 Å². The van der Waals surface area contributed by atoms with Gasteiger partial charge in [-0.25, -0.2) is 0 Å². The van der Waals surface area contributed by atoms with Gasteiger partial charge in [0.1, 0.15) is 0 Å². The van der Waals surface area contributed by atoms with Gasteiger partial charge in [-0.3, -0.25) is 0 Å². The smallest absolute Gasteiger partial charge is 0.0613 e. The lowest BCUT2D eigenvalue weighted by atomic mass is 9.77. The van der Waals surface area contributed by atoms with Gasteiger partial charge in [0.2, 0.25) is 0 Å². The SMILES string of the molecule is CCOCCCNC1(CO)CCC1. The molecular formula is C10H21NO2. The quantitative estimate of drug-likeness (QED) is 0.582. The molecule has 1 saturated carbocycles. The van der Waals surface area contributed by atoms with Gasteiger partial charge in [0.25, 0.3) is 0 Å². The Morgan fingerprint density at radius 3 is 2.69 bits per heavy atom. The van der Waals surface area contributed by atoms with Crippen molar-refractivity contribution in [3.05, 3.63) is 0 Å². The van der Waals surface area contributed by atoms with Crippen LogP contribution in [0, 0.1) is 0 Å². The molecule has 3 heteroatoms. The maximum absolute atomic E-state index is 9.15. The van der Waals surface area contributed by atoms with Crippen molar-refractivity contribution in [1.29, 1.82) is 0 Å². The first-order valence-electron chi connectivity index (χ1n) is 5.26. The van der Waals surface area contributed by atoms with Crippen molar-refractivity contribution in [3.63, 3.8) is 0 Å². The lowest BCUT2D eigenvalue weighted by molar-refractivity contribution is 0.0830. The summed E-state index contributed by atoms with van der Waals surface area (Å²) in [7, 11) is 0. The van der Waals surface area contributed by atoms with Crippen LogP contribution in [0.3, 0.4) is 0 Å². The van der Waals surface area contributed by atoms with E-state index in [0.29, 0.717) is 0 Å². The highest BCUT2D eigenvalue weighted by Gasteiger charge is 2.35. The van der Waals surface area contributed by atoms with Crippen LogP contribution in [-0.2, 0) is 4.74 Å². The third-order valence-electron chi connectivity index (χ3n) is 2.78. The summed E-state index contributed by atoms with van der Waals surface area (Å²) < 4.78 is 5.23. The van der Waals surface area contributed by atoms with Gasteiger partial charge in [-0.1, -0.05) is 0 Å². The van der Waals surface area contributed by atoms with Crippen LogP contribution in [0.4, 0.5) is 0 Å². The monoisotopic (exact) mass is 187 g/mol. The average molecular weight is 187 g/mol. The molecule has 1 aliphatic carbocycles. The van der Waals surface area contributed by atoms with Crippen LogP contribution in [0.15, 0.2) is 0 Å². The van der Waals surface area contributed by atoms with Crippen molar-refractivity contribution < 1.29 is 9.84 Å². The maximum atomic E-state index is 9.15. The molecule has 0 spiro atoms. The summed E-state index contributed by atoms with van der Waals surface area (Å²) in [5.74, 6) is 0. The Labute approximate surface area is 80.5 Å². The zero-order valence-corrected chi connectivity index (χ0v) is 8.51. The molecule has 0 radical (unpaired) electrons. The van der Waals surface area contributed by atoms with Crippen molar-refractivity contribution in [3.8, 4) is 0 Å². The van der Waals surface area contributed by atoms with E-state index < -0.39 is 0 Å². The molecule has 0 heterocycles. The van der Waals surface area contributed by atoms with Crippen LogP contribution < -0.4 is 5.32 Å². The van der Waals surface area contributed by atoms with E-state index in [1.165, 1.54) is 6.42 Å². The van der Waals surface area contributed by atoms with E-state index in [9.17, 15) is 0 Å². The average Bonchev–Trinajstić information content (AvgIpc) is 2.09. The predicted octanol–water partition coefficient (Wildman–Crippen LogP) is 0.918. The van der Waals surface area contributed by atoms with Crippen LogP contribution >= 0.6 is 0 Å². The fraction of sp³-hybridized carbons (Fsp3) is 1.00. The summed E-state index contributed by atoms with van der Waals surface area (Å²) in [6.45, 7) is 4.87. The number of rotatable bonds is 7. The molecular weight excluding hydrogens is 166 g/mol. The van der Waals surface area contributed by atoms with Gasteiger partial charge >= 0.3 is 0 Å². The van der Waals surface area contributed by atoms with E-state index in [4.69, 9.17) is 9.84 Å². The Balaban J connectivity index is 1.98. The molecule has 2 N–H and O–H groups in total. The van der Waals surface area contributed by atoms with Crippen LogP contribution in [0.2, 0.25) is 0 Å². The first-order valence-corrected chi connectivity index (χ1v) is 5.26. The van der Waals surface area contributed by atoms with Crippen molar-refractivity contribution in [1.82, 2.24) is 5.32 Å². The number of aliphatic hydroxyl groups is 1. The van der Waals surface area contributed by atoms with Gasteiger partial charge < -0.3 is 15.2 Å². The van der Waals surface area contributed by atoms with Crippen LogP contribution in [0.5, 0.6) is 0 Å². The Morgan fingerprint density at radius 2 is 2.23 bits per heavy atom. The third kappa shape index (κ3) is 3.25. The Morgan fingerprint density at radius 1 is 1.46 bits per heavy atom. The zero-order valence-electron chi connectivity index (χ0n) is 8.51. The Bertz CT molecular complexity index is 129. The van der Waals surface area contributed by atoms with E-state index in [2.05, 4.69) is 5.32 Å². The maximum Gasteiger partial charge on any atom is 0.0613 e. The highest BCUT2D eigenvalue weighted by Crippen LogP contribution is 2.30. The largest absolute Gasteiger partial charge is 0.394 e. The highest BCUT2D eigenvalue weighted by atomic mass is 16.5. The van der Waals surface area contributed by atoms with E-state index in [1.807, 2.05) is 6.92 Å². The molecule has 0 saturated heterocycles. The van der Waals surface area contributed by atoms with Crippen molar-refractivity contribution in [2.45, 2.75) is 38.1 Å². The molecule has 3 nitrogen and oxygen atoms in total. The summed E-state index contributed by atoms with van der Waals surface area (Å²) in [5, 5.41) is 12.6. The number of aliphatic hydroxyl groups excluding tert-OH is 1. The van der Waals surface area contributed by atoms with Crippen LogP contribution in [-0.4, -0.2) is 37.0 Å². The molecule has 78 valence electrons. The van der Waals surface area contributed by atoms with Crippen LogP contribution in [0.1, 0.15) is 32.6 Å². The van der Waals surface area contributed by atoms with Crippen molar-refractivity contribution in [2.75, 3.05) is 26.4 Å². The fourth-order valence-corrected chi connectivity index (χ4v) is 1.67. The summed E-state index contributed by atoms with van der Waals surface area (Å²) in [6, 6.07) is 0. The predicted molar refractivity (Wildman–Crippen MR) is 52.8 cm³/mol. The third-order valence-corrected chi connectivity index (χ3v) is 2.78. The highest BCUT2D eigenvalue weighted by molar-refractivity contribution is 4.95. The summed E-state index contributed by atoms with van der Waals surface area (Å²) in [4.78, 5) is 0. The van der Waals surface area contributed by atoms with E-state index in [0.717, 1.165) is 39.0 Å². The normalized spacial score (nSPS) is 19.8. The van der Waals surface area contributed by atoms with Gasteiger partial charge in [0.15, 0.2) is 0 Å². The van der Waals surface area contributed by atoms with Crippen molar-refractivity contribution in [2.24, 2.45) is 0 Å². The van der Waals surface area contributed by atoms with Crippen molar-refractivity contribution >= 4 is 0 Å². The standard InChI is InChI=1S/C10H21NO2/c1-2-13-8-4-7-11-10(9-12)5-3-6-10/h11-12H,2-9H2,1H3. The molecule has 0 unspecified atom stereocenters. The lowest BCUT2D eigenvalue weighted by Crippen LogP contribution is -2.54. The molecule has 0 atom stereocenters. The molecule has 13 heavy (non-hydrogen) atoms. The van der Waals surface area contributed by atoms with Gasteiger partial charge in [-0.2, -0.15) is 0 Å². The number of ether oxygens (including phenoxy) is 1. The summed E-state index contributed by atoms with van der Waals surface area (Å²) in [6.07, 6.45) is 4.53. The van der Waals surface area contributed by atoms with Gasteiger partial charge in [0.05, 0.1) is 6.61 Å². The van der Waals surface area contributed by atoms with Gasteiger partial charge in [0, 0.05) is 18.8 Å². The summed E-state index contributed by atoms with van der Waals surface area (Å²) >= 11 is 0. The molecule has 1 rings (SSSR count). The second kappa shape index (κ2) is 5.58. The Kier molecular flexibility index (Phi) is 4.70. The topological polar surface area (TPSA) is 41.5 Å². The van der Waals surface area contributed by atoms with Gasteiger partial charge in [-0.05, 0) is 39.2 Å². The molecule has 0 aliphatic heterocycles. The first kappa shape index (κ1) is 11.0. The minimum Gasteiger partial charge on any atom is -0.394 e. The molecule has 0 aromatic rings. The zero-order chi connectivity index (χ0) is 9.57. The van der Waals surface area contributed by atoms with E-state index in [-0.39, 0.29) is 12.1 Å². The second-order valence-electron chi connectivity index (χ2n) is 3.77. The fourth-order valence-electron chi connectivity index (χ4n) is 1.67. The number of hydrogen-bond donors (Lipinski definition) is 2. The molecule has 0 aromatic carbocycles. The van der Waals surface area contributed by atoms with E-state index in [1.54, 1.807) is 0 Å². The molecule has 0 amide bonds. The minimum absolute atomic E-state index is 0.0617. The summed E-state index contributed by atoms with van der Waals surface area (Å²) in [5.41, 5.74) is 0.0617. The minimum atomic E-state index is 0.0617. The van der Waals surface area contributed by atoms with E-state index >= 15 is 0 Å². The molecule has 1 fully saturated rings. The number of hydrogen-bond acceptors (Lipinski definition) is 3. The molecule has 0 bridgehead atoms. The number of nitrogens with one attached hydrogen (secondary N) is 1. The lowest BCUT2D eigenvalue weighted by Gasteiger charge is -2.41. The Hall–Kier alpha value is -0.120. The second-order valence-corrected chi connectivity index (χ2v) is 3.77.